The van der Waals surface area contributed by atoms with Gasteiger partial charge in [0.1, 0.15) is 11.3 Å². The summed E-state index contributed by atoms with van der Waals surface area (Å²) >= 11 is 0. The van der Waals surface area contributed by atoms with Crippen LogP contribution in [-0.2, 0) is 18.3 Å². The van der Waals surface area contributed by atoms with E-state index in [9.17, 15) is 14.7 Å². The summed E-state index contributed by atoms with van der Waals surface area (Å²) in [4.78, 5) is 29.9. The highest BCUT2D eigenvalue weighted by Crippen LogP contribution is 2.60. The number of phenolic OH excluding ortho intramolecular Hbond substituents is 1. The number of aromatic hydroxyl groups is 1. The molecule has 2 heterocycles. The topological polar surface area (TPSA) is 99.4 Å². The summed E-state index contributed by atoms with van der Waals surface area (Å²) in [5, 5.41) is 10.3. The monoisotopic (exact) mass is 419 g/mol. The number of aromatic amines is 1. The van der Waals surface area contributed by atoms with E-state index in [1.54, 1.807) is 12.1 Å². The average molecular weight is 420 g/mol. The molecule has 31 heavy (non-hydrogen) atoms. The van der Waals surface area contributed by atoms with E-state index < -0.39 is 11.5 Å². The van der Waals surface area contributed by atoms with Crippen molar-refractivity contribution in [3.8, 4) is 5.75 Å². The molecule has 1 aliphatic heterocycles. The van der Waals surface area contributed by atoms with E-state index >= 15 is 0 Å². The average Bonchev–Trinajstić information content (AvgIpc) is 3.49. The lowest BCUT2D eigenvalue weighted by molar-refractivity contribution is 0.00553. The number of hydrogen-bond acceptors (Lipinski definition) is 4. The van der Waals surface area contributed by atoms with Gasteiger partial charge < -0.3 is 15.8 Å². The number of carbonyl (C=O) groups is 1. The molecule has 0 bridgehead atoms. The Bertz CT molecular complexity index is 1150. The molecule has 4 N–H and O–H groups in total. The number of nitrogens with one attached hydrogen (secondary N) is 1. The number of fused-ring (bicyclic) bond motifs is 4. The molecular weight excluding hydrogens is 390 g/mol. The number of nitrogens with two attached hydrogens (primary N) is 1. The number of carbonyl (C=O) groups excluding carboxylic acids is 1. The van der Waals surface area contributed by atoms with Gasteiger partial charge in [-0.15, -0.1) is 0 Å². The molecule has 1 amide bonds. The van der Waals surface area contributed by atoms with Gasteiger partial charge in [-0.1, -0.05) is 6.07 Å². The van der Waals surface area contributed by atoms with E-state index in [2.05, 4.69) is 16.8 Å². The first-order valence-electron chi connectivity index (χ1n) is 11.4. The summed E-state index contributed by atoms with van der Waals surface area (Å²) in [5.74, 6) is 1.51. The third-order valence-electron chi connectivity index (χ3n) is 8.48. The Balaban J connectivity index is 1.48. The van der Waals surface area contributed by atoms with Crippen LogP contribution in [0.4, 0.5) is 0 Å². The van der Waals surface area contributed by atoms with Crippen LogP contribution in [0.5, 0.6) is 5.75 Å². The van der Waals surface area contributed by atoms with Crippen molar-refractivity contribution in [3.05, 3.63) is 62.6 Å². The molecule has 1 unspecified atom stereocenters. The van der Waals surface area contributed by atoms with E-state index in [1.165, 1.54) is 30.5 Å². The van der Waals surface area contributed by atoms with Gasteiger partial charge in [0.15, 0.2) is 0 Å². The fraction of sp³-hybridized carbons (Fsp3) is 0.520. The van der Waals surface area contributed by atoms with Crippen LogP contribution < -0.4 is 11.3 Å². The third-order valence-corrected chi connectivity index (χ3v) is 8.48. The number of likely N-dealkylation sites (tertiary alicyclic amines) is 1. The molecular formula is C25H29N3O3. The number of pyridine rings is 1. The van der Waals surface area contributed by atoms with Crippen molar-refractivity contribution in [2.24, 2.45) is 23.5 Å². The Hall–Kier alpha value is -2.60. The fourth-order valence-corrected chi connectivity index (χ4v) is 6.99. The van der Waals surface area contributed by atoms with Gasteiger partial charge in [0.05, 0.1) is 0 Å². The van der Waals surface area contributed by atoms with Gasteiger partial charge in [-0.3, -0.25) is 14.5 Å². The minimum absolute atomic E-state index is 0.0535. The van der Waals surface area contributed by atoms with Crippen LogP contribution in [-0.4, -0.2) is 40.0 Å². The lowest BCUT2D eigenvalue weighted by atomic mass is 9.62. The molecule has 6 heteroatoms. The number of nitrogens with zero attached hydrogens (tertiary/aromatic N) is 1. The largest absolute Gasteiger partial charge is 0.508 e. The van der Waals surface area contributed by atoms with Crippen molar-refractivity contribution in [2.75, 3.05) is 13.1 Å². The number of hydrogen-bond donors (Lipinski definition) is 3. The Morgan fingerprint density at radius 2 is 2.13 bits per heavy atom. The highest BCUT2D eigenvalue weighted by atomic mass is 16.3. The molecule has 1 aromatic heterocycles. The summed E-state index contributed by atoms with van der Waals surface area (Å²) in [5.41, 5.74) is 9.37. The summed E-state index contributed by atoms with van der Waals surface area (Å²) < 4.78 is 0. The summed E-state index contributed by atoms with van der Waals surface area (Å²) in [6.07, 6.45) is 5.33. The van der Waals surface area contributed by atoms with Crippen molar-refractivity contribution >= 4 is 5.91 Å². The normalized spacial score (nSPS) is 31.5. The van der Waals surface area contributed by atoms with Gasteiger partial charge in [-0.25, -0.2) is 0 Å². The van der Waals surface area contributed by atoms with E-state index in [0.717, 1.165) is 43.0 Å². The zero-order chi connectivity index (χ0) is 21.5. The fourth-order valence-electron chi connectivity index (χ4n) is 6.99. The lowest BCUT2D eigenvalue weighted by Gasteiger charge is -2.49. The second-order valence-electron chi connectivity index (χ2n) is 10.4. The number of aryl methyl sites for hydroxylation is 1. The van der Waals surface area contributed by atoms with E-state index in [1.807, 2.05) is 12.1 Å². The maximum Gasteiger partial charge on any atom is 0.261 e. The molecule has 2 aromatic rings. The van der Waals surface area contributed by atoms with Crippen molar-refractivity contribution in [1.82, 2.24) is 9.88 Å². The SMILES string of the molecule is Cc1ccc(O)cc1[C@@]12Cc3[nH]c(=O)c(C(N)=O)cc3C[C@H]1[C@H]1C(CN1CC1CC1)C2. The number of H-pyrrole nitrogens is 1. The maximum atomic E-state index is 12.5. The Labute approximate surface area is 181 Å². The van der Waals surface area contributed by atoms with Crippen molar-refractivity contribution in [2.45, 2.75) is 50.5 Å². The van der Waals surface area contributed by atoms with Crippen LogP contribution in [0.3, 0.4) is 0 Å². The molecule has 2 saturated carbocycles. The summed E-state index contributed by atoms with van der Waals surface area (Å²) in [7, 11) is 0. The molecule has 1 saturated heterocycles. The molecule has 3 aliphatic carbocycles. The highest BCUT2D eigenvalue weighted by molar-refractivity contribution is 5.92. The molecule has 162 valence electrons. The van der Waals surface area contributed by atoms with E-state index in [-0.39, 0.29) is 11.0 Å². The van der Waals surface area contributed by atoms with Crippen LogP contribution in [0.2, 0.25) is 0 Å². The maximum absolute atomic E-state index is 12.5. The van der Waals surface area contributed by atoms with Crippen molar-refractivity contribution in [3.63, 3.8) is 0 Å². The summed E-state index contributed by atoms with van der Waals surface area (Å²) in [6, 6.07) is 7.96. The standard InChI is InChI=1S/C25H29N3O3/c1-13-2-5-17(29)8-19(13)25-9-16-12-28(11-14-3-4-14)22(16)20(25)7-15-6-18(23(26)30)24(31)27-21(15)10-25/h2,5-6,8,14,16,20,22,29H,3-4,7,9-12H2,1H3,(H2,26,30)(H,27,31)/t16?,20-,22+,25+/m0/s1. The number of aromatic nitrogens is 1. The number of amides is 1. The Morgan fingerprint density at radius 3 is 2.87 bits per heavy atom. The molecule has 4 atom stereocenters. The Morgan fingerprint density at radius 1 is 1.32 bits per heavy atom. The Kier molecular flexibility index (Phi) is 3.98. The van der Waals surface area contributed by atoms with Gasteiger partial charge in [0, 0.05) is 30.2 Å². The van der Waals surface area contributed by atoms with Crippen LogP contribution in [0.1, 0.15) is 52.0 Å². The van der Waals surface area contributed by atoms with Crippen LogP contribution >= 0.6 is 0 Å². The minimum Gasteiger partial charge on any atom is -0.508 e. The predicted molar refractivity (Wildman–Crippen MR) is 117 cm³/mol. The van der Waals surface area contributed by atoms with Gasteiger partial charge >= 0.3 is 0 Å². The number of phenols is 1. The molecule has 6 rings (SSSR count). The minimum atomic E-state index is -0.673. The quantitative estimate of drug-likeness (QED) is 0.708. The second kappa shape index (κ2) is 6.45. The van der Waals surface area contributed by atoms with Crippen LogP contribution in [0.15, 0.2) is 29.1 Å². The number of primary amides is 1. The van der Waals surface area contributed by atoms with Gasteiger partial charge in [-0.2, -0.15) is 0 Å². The van der Waals surface area contributed by atoms with Crippen LogP contribution in [0.25, 0.3) is 0 Å². The second-order valence-corrected chi connectivity index (χ2v) is 10.4. The first kappa shape index (κ1) is 19.1. The van der Waals surface area contributed by atoms with Gasteiger partial charge in [0.25, 0.3) is 11.5 Å². The summed E-state index contributed by atoms with van der Waals surface area (Å²) in [6.45, 7) is 4.46. The lowest BCUT2D eigenvalue weighted by Crippen LogP contribution is -2.58. The van der Waals surface area contributed by atoms with Crippen LogP contribution in [0, 0.1) is 24.7 Å². The molecule has 0 spiro atoms. The zero-order valence-corrected chi connectivity index (χ0v) is 17.9. The smallest absolute Gasteiger partial charge is 0.261 e. The highest BCUT2D eigenvalue weighted by Gasteiger charge is 2.62. The molecule has 6 nitrogen and oxygen atoms in total. The van der Waals surface area contributed by atoms with E-state index in [0.29, 0.717) is 23.6 Å². The molecule has 4 aliphatic rings. The predicted octanol–water partition coefficient (Wildman–Crippen LogP) is 2.25. The molecule has 0 radical (unpaired) electrons. The first-order valence-corrected chi connectivity index (χ1v) is 11.4. The molecule has 3 fully saturated rings. The van der Waals surface area contributed by atoms with Gasteiger partial charge in [-0.05, 0) is 91.7 Å². The molecule has 1 aromatic carbocycles. The number of benzene rings is 1. The zero-order valence-electron chi connectivity index (χ0n) is 17.9. The van der Waals surface area contributed by atoms with Gasteiger partial charge in [0.2, 0.25) is 0 Å². The van der Waals surface area contributed by atoms with Crippen molar-refractivity contribution < 1.29 is 9.90 Å². The van der Waals surface area contributed by atoms with Crippen molar-refractivity contribution in [1.29, 1.82) is 0 Å². The first-order chi connectivity index (χ1) is 14.9. The third kappa shape index (κ3) is 2.80. The number of rotatable bonds is 4. The van der Waals surface area contributed by atoms with E-state index in [4.69, 9.17) is 5.73 Å².